The van der Waals surface area contributed by atoms with E-state index in [1.807, 2.05) is 30.3 Å². The van der Waals surface area contributed by atoms with Crippen LogP contribution in [0.3, 0.4) is 0 Å². The van der Waals surface area contributed by atoms with Gasteiger partial charge in [-0.05, 0) is 36.7 Å². The molecule has 0 bridgehead atoms. The molecule has 1 aliphatic carbocycles. The second-order valence-electron chi connectivity index (χ2n) is 7.06. The maximum Gasteiger partial charge on any atom is 0.220 e. The number of aliphatic hydroxyl groups excluding tert-OH is 1. The predicted molar refractivity (Wildman–Crippen MR) is 93.7 cm³/mol. The van der Waals surface area contributed by atoms with Crippen LogP contribution in [0, 0.1) is 23.7 Å². The molecule has 0 saturated heterocycles. The molecule has 0 saturated carbocycles. The van der Waals surface area contributed by atoms with Gasteiger partial charge in [-0.1, -0.05) is 55.8 Å². The first-order chi connectivity index (χ1) is 11.0. The lowest BCUT2D eigenvalue weighted by atomic mass is 9.70. The number of benzene rings is 1. The fourth-order valence-electron chi connectivity index (χ4n) is 3.58. The molecule has 1 amide bonds. The van der Waals surface area contributed by atoms with E-state index in [4.69, 9.17) is 0 Å². The first kappa shape index (κ1) is 17.7. The Morgan fingerprint density at radius 1 is 1.30 bits per heavy atom. The van der Waals surface area contributed by atoms with Crippen LogP contribution < -0.4 is 5.32 Å². The number of carbonyl (C=O) groups excluding carboxylic acids is 1. The molecule has 2 N–H and O–H groups in total. The lowest BCUT2D eigenvalue weighted by Gasteiger charge is -2.36. The fourth-order valence-corrected chi connectivity index (χ4v) is 3.58. The van der Waals surface area contributed by atoms with Crippen LogP contribution >= 0.6 is 0 Å². The Balaban J connectivity index is 1.92. The molecule has 3 atom stereocenters. The van der Waals surface area contributed by atoms with E-state index >= 15 is 0 Å². The van der Waals surface area contributed by atoms with Gasteiger partial charge in [0.1, 0.15) is 0 Å². The molecule has 0 fully saturated rings. The average molecular weight is 315 g/mol. The molecule has 0 spiro atoms. The molecule has 0 radical (unpaired) electrons. The summed E-state index contributed by atoms with van der Waals surface area (Å²) in [5, 5.41) is 12.6. The van der Waals surface area contributed by atoms with Crippen molar-refractivity contribution in [2.45, 2.75) is 40.2 Å². The van der Waals surface area contributed by atoms with Gasteiger partial charge < -0.3 is 10.4 Å². The molecule has 0 heterocycles. The summed E-state index contributed by atoms with van der Waals surface area (Å²) in [7, 11) is 0. The van der Waals surface area contributed by atoms with Gasteiger partial charge in [0.2, 0.25) is 5.91 Å². The van der Waals surface area contributed by atoms with Crippen molar-refractivity contribution in [1.82, 2.24) is 5.32 Å². The van der Waals surface area contributed by atoms with Crippen LogP contribution in [0.25, 0.3) is 0 Å². The Bertz CT molecular complexity index is 536. The van der Waals surface area contributed by atoms with Crippen molar-refractivity contribution >= 4 is 5.91 Å². The Hall–Kier alpha value is -1.61. The number of nitrogens with one attached hydrogen (secondary N) is 1. The van der Waals surface area contributed by atoms with E-state index in [-0.39, 0.29) is 18.4 Å². The molecule has 0 aliphatic heterocycles. The van der Waals surface area contributed by atoms with Gasteiger partial charge in [-0.2, -0.15) is 0 Å². The first-order valence-electron chi connectivity index (χ1n) is 8.61. The van der Waals surface area contributed by atoms with Crippen molar-refractivity contribution in [3.63, 3.8) is 0 Å². The normalized spacial score (nSPS) is 24.4. The Morgan fingerprint density at radius 2 is 2.00 bits per heavy atom. The third-order valence-corrected chi connectivity index (χ3v) is 5.06. The number of allylic oxidation sites excluding steroid dienone is 1. The average Bonchev–Trinajstić information content (AvgIpc) is 2.55. The van der Waals surface area contributed by atoms with E-state index < -0.39 is 0 Å². The van der Waals surface area contributed by atoms with Crippen molar-refractivity contribution in [2.24, 2.45) is 23.7 Å². The smallest absolute Gasteiger partial charge is 0.220 e. The summed E-state index contributed by atoms with van der Waals surface area (Å²) in [5.41, 5.74) is 2.37. The Kier molecular flexibility index (Phi) is 6.40. The van der Waals surface area contributed by atoms with Crippen LogP contribution in [0.5, 0.6) is 0 Å². The molecule has 1 aromatic carbocycles. The molecule has 2 rings (SSSR count). The highest BCUT2D eigenvalue weighted by atomic mass is 16.3. The first-order valence-corrected chi connectivity index (χ1v) is 8.61. The number of hydrogen-bond acceptors (Lipinski definition) is 2. The quantitative estimate of drug-likeness (QED) is 0.789. The van der Waals surface area contributed by atoms with E-state index in [0.717, 1.165) is 12.0 Å². The van der Waals surface area contributed by atoms with Crippen molar-refractivity contribution < 1.29 is 9.90 Å². The van der Waals surface area contributed by atoms with Gasteiger partial charge in [0.25, 0.3) is 0 Å². The SMILES string of the molecule is CC1=CC(CO)C(C(C)C)CC1CC(=O)NCc1ccccc1. The minimum Gasteiger partial charge on any atom is -0.396 e. The number of carbonyl (C=O) groups is 1. The standard InChI is InChI=1S/C20H29NO2/c1-14(2)19-10-17(15(3)9-18(19)13-22)11-20(23)21-12-16-7-5-4-6-8-16/h4-9,14,17-19,22H,10-13H2,1-3H3,(H,21,23). The summed E-state index contributed by atoms with van der Waals surface area (Å²) >= 11 is 0. The van der Waals surface area contributed by atoms with Gasteiger partial charge in [0.15, 0.2) is 0 Å². The van der Waals surface area contributed by atoms with Gasteiger partial charge in [-0.3, -0.25) is 4.79 Å². The second-order valence-corrected chi connectivity index (χ2v) is 7.06. The van der Waals surface area contributed by atoms with Crippen molar-refractivity contribution in [1.29, 1.82) is 0 Å². The Labute approximate surface area is 139 Å². The van der Waals surface area contributed by atoms with E-state index in [1.54, 1.807) is 0 Å². The fraction of sp³-hybridized carbons (Fsp3) is 0.550. The summed E-state index contributed by atoms with van der Waals surface area (Å²) in [4.78, 5) is 12.3. The van der Waals surface area contributed by atoms with Gasteiger partial charge in [0, 0.05) is 25.5 Å². The topological polar surface area (TPSA) is 49.3 Å². The summed E-state index contributed by atoms with van der Waals surface area (Å²) in [6.07, 6.45) is 3.71. The lowest BCUT2D eigenvalue weighted by Crippen LogP contribution is -2.32. The maximum absolute atomic E-state index is 12.3. The van der Waals surface area contributed by atoms with Crippen LogP contribution in [-0.2, 0) is 11.3 Å². The molecule has 3 nitrogen and oxygen atoms in total. The van der Waals surface area contributed by atoms with Gasteiger partial charge >= 0.3 is 0 Å². The van der Waals surface area contributed by atoms with Crippen LogP contribution in [-0.4, -0.2) is 17.6 Å². The van der Waals surface area contributed by atoms with Crippen molar-refractivity contribution in [3.05, 3.63) is 47.5 Å². The van der Waals surface area contributed by atoms with Crippen LogP contribution in [0.15, 0.2) is 42.0 Å². The zero-order valence-electron chi connectivity index (χ0n) is 14.5. The minimum atomic E-state index is 0.108. The minimum absolute atomic E-state index is 0.108. The highest BCUT2D eigenvalue weighted by Crippen LogP contribution is 2.38. The van der Waals surface area contributed by atoms with E-state index in [9.17, 15) is 9.90 Å². The summed E-state index contributed by atoms with van der Waals surface area (Å²) in [6.45, 7) is 7.28. The van der Waals surface area contributed by atoms with Gasteiger partial charge in [-0.15, -0.1) is 0 Å². The summed E-state index contributed by atoms with van der Waals surface area (Å²) in [6, 6.07) is 9.99. The number of aliphatic hydroxyl groups is 1. The van der Waals surface area contributed by atoms with Crippen LogP contribution in [0.1, 0.15) is 39.2 Å². The molecule has 126 valence electrons. The number of rotatable bonds is 6. The van der Waals surface area contributed by atoms with E-state index in [2.05, 4.69) is 32.2 Å². The molecule has 1 aliphatic rings. The highest BCUT2D eigenvalue weighted by Gasteiger charge is 2.31. The van der Waals surface area contributed by atoms with Gasteiger partial charge in [-0.25, -0.2) is 0 Å². The molecule has 0 aromatic heterocycles. The highest BCUT2D eigenvalue weighted by molar-refractivity contribution is 5.76. The largest absolute Gasteiger partial charge is 0.396 e. The second kappa shape index (κ2) is 8.30. The lowest BCUT2D eigenvalue weighted by molar-refractivity contribution is -0.122. The molecule has 3 heteroatoms. The number of amides is 1. The molecule has 3 unspecified atom stereocenters. The van der Waals surface area contributed by atoms with Crippen LogP contribution in [0.4, 0.5) is 0 Å². The van der Waals surface area contributed by atoms with E-state index in [1.165, 1.54) is 5.57 Å². The monoisotopic (exact) mass is 315 g/mol. The zero-order valence-corrected chi connectivity index (χ0v) is 14.5. The maximum atomic E-state index is 12.3. The molecular formula is C20H29NO2. The molecular weight excluding hydrogens is 286 g/mol. The third kappa shape index (κ3) is 4.93. The zero-order chi connectivity index (χ0) is 16.8. The van der Waals surface area contributed by atoms with Crippen molar-refractivity contribution in [2.75, 3.05) is 6.61 Å². The Morgan fingerprint density at radius 3 is 2.61 bits per heavy atom. The summed E-state index contributed by atoms with van der Waals surface area (Å²) in [5.74, 6) is 1.61. The van der Waals surface area contributed by atoms with Crippen molar-refractivity contribution in [3.8, 4) is 0 Å². The van der Waals surface area contributed by atoms with E-state index in [0.29, 0.717) is 30.7 Å². The third-order valence-electron chi connectivity index (χ3n) is 5.06. The van der Waals surface area contributed by atoms with Gasteiger partial charge in [0.05, 0.1) is 0 Å². The number of hydrogen-bond donors (Lipinski definition) is 2. The predicted octanol–water partition coefficient (Wildman–Crippen LogP) is 3.54. The summed E-state index contributed by atoms with van der Waals surface area (Å²) < 4.78 is 0. The molecule has 1 aromatic rings. The van der Waals surface area contributed by atoms with Crippen LogP contribution in [0.2, 0.25) is 0 Å². The molecule has 23 heavy (non-hydrogen) atoms.